The van der Waals surface area contributed by atoms with Crippen molar-refractivity contribution in [3.8, 4) is 0 Å². The SMILES string of the molecule is Cc1csc(C(=O)NC23CCCC(NC(=O)c4cccc(Cl)c4)(CC2)C3)n1. The maximum atomic E-state index is 12.7. The van der Waals surface area contributed by atoms with Gasteiger partial charge in [-0.15, -0.1) is 11.3 Å². The lowest BCUT2D eigenvalue weighted by Crippen LogP contribution is -2.55. The van der Waals surface area contributed by atoms with Crippen molar-refractivity contribution in [3.05, 3.63) is 50.9 Å². The van der Waals surface area contributed by atoms with Crippen molar-refractivity contribution in [2.45, 2.75) is 56.5 Å². The van der Waals surface area contributed by atoms with Gasteiger partial charge >= 0.3 is 0 Å². The fraction of sp³-hybridized carbons (Fsp3) is 0.450. The van der Waals surface area contributed by atoms with E-state index in [4.69, 9.17) is 11.6 Å². The van der Waals surface area contributed by atoms with Gasteiger partial charge in [-0.1, -0.05) is 17.7 Å². The Bertz CT molecular complexity index is 899. The minimum absolute atomic E-state index is 0.0999. The molecule has 2 bridgehead atoms. The number of thiazole rings is 1. The van der Waals surface area contributed by atoms with Crippen LogP contribution in [0.4, 0.5) is 0 Å². The Labute approximate surface area is 167 Å². The molecule has 2 amide bonds. The molecule has 2 aliphatic rings. The van der Waals surface area contributed by atoms with Crippen molar-refractivity contribution >= 4 is 34.8 Å². The number of nitrogens with zero attached hydrogens (tertiary/aromatic N) is 1. The number of fused-ring (bicyclic) bond motifs is 2. The zero-order chi connectivity index (χ0) is 19.1. The summed E-state index contributed by atoms with van der Waals surface area (Å²) >= 11 is 7.39. The summed E-state index contributed by atoms with van der Waals surface area (Å²) in [6.45, 7) is 1.89. The van der Waals surface area contributed by atoms with Gasteiger partial charge in [0.05, 0.1) is 0 Å². The molecule has 0 saturated heterocycles. The number of aryl methyl sites for hydroxylation is 1. The fourth-order valence-electron chi connectivity index (χ4n) is 4.53. The van der Waals surface area contributed by atoms with Crippen molar-refractivity contribution in [2.75, 3.05) is 0 Å². The lowest BCUT2D eigenvalue weighted by molar-refractivity contribution is 0.0832. The highest BCUT2D eigenvalue weighted by molar-refractivity contribution is 7.11. The molecule has 2 unspecified atom stereocenters. The third-order valence-electron chi connectivity index (χ3n) is 5.73. The Morgan fingerprint density at radius 2 is 1.81 bits per heavy atom. The molecule has 1 aromatic carbocycles. The minimum atomic E-state index is -0.260. The molecule has 0 aliphatic heterocycles. The number of halogens is 1. The maximum Gasteiger partial charge on any atom is 0.280 e. The second kappa shape index (κ2) is 6.91. The second-order valence-corrected chi connectivity index (χ2v) is 9.10. The Morgan fingerprint density at radius 1 is 1.11 bits per heavy atom. The predicted molar refractivity (Wildman–Crippen MR) is 106 cm³/mol. The smallest absolute Gasteiger partial charge is 0.280 e. The quantitative estimate of drug-likeness (QED) is 0.806. The van der Waals surface area contributed by atoms with E-state index in [0.29, 0.717) is 15.6 Å². The molecule has 2 N–H and O–H groups in total. The lowest BCUT2D eigenvalue weighted by atomic mass is 9.78. The van der Waals surface area contributed by atoms with Crippen LogP contribution in [0.1, 0.15) is 64.4 Å². The van der Waals surface area contributed by atoms with Crippen molar-refractivity contribution in [1.82, 2.24) is 15.6 Å². The molecule has 2 fully saturated rings. The summed E-state index contributed by atoms with van der Waals surface area (Å²) in [5, 5.41) is 9.43. The number of aromatic nitrogens is 1. The highest BCUT2D eigenvalue weighted by Gasteiger charge is 2.52. The molecule has 2 atom stereocenters. The molecule has 0 radical (unpaired) electrons. The van der Waals surface area contributed by atoms with Gasteiger partial charge in [-0.3, -0.25) is 9.59 Å². The van der Waals surface area contributed by atoms with Crippen LogP contribution in [0.25, 0.3) is 0 Å². The largest absolute Gasteiger partial charge is 0.347 e. The molecule has 2 aromatic rings. The fourth-order valence-corrected chi connectivity index (χ4v) is 5.41. The zero-order valence-corrected chi connectivity index (χ0v) is 16.8. The van der Waals surface area contributed by atoms with Crippen LogP contribution in [-0.4, -0.2) is 27.9 Å². The van der Waals surface area contributed by atoms with Crippen molar-refractivity contribution < 1.29 is 9.59 Å². The summed E-state index contributed by atoms with van der Waals surface area (Å²) in [4.78, 5) is 29.7. The first-order valence-electron chi connectivity index (χ1n) is 9.22. The molecule has 0 spiro atoms. The Hall–Kier alpha value is -1.92. The molecule has 2 aliphatic carbocycles. The molecule has 142 valence electrons. The van der Waals surface area contributed by atoms with E-state index in [1.54, 1.807) is 24.3 Å². The van der Waals surface area contributed by atoms with Crippen LogP contribution in [0.15, 0.2) is 29.6 Å². The van der Waals surface area contributed by atoms with Gasteiger partial charge in [-0.25, -0.2) is 4.98 Å². The first-order valence-corrected chi connectivity index (χ1v) is 10.5. The van der Waals surface area contributed by atoms with Gasteiger partial charge in [0.2, 0.25) is 0 Å². The lowest BCUT2D eigenvalue weighted by Gasteiger charge is -2.40. The molecular formula is C20H22ClN3O2S. The van der Waals surface area contributed by atoms with E-state index in [-0.39, 0.29) is 22.9 Å². The summed E-state index contributed by atoms with van der Waals surface area (Å²) in [5.41, 5.74) is 0.920. The standard InChI is InChI=1S/C20H22ClN3O2S/c1-13-11-27-18(22-13)17(26)24-20-7-3-6-19(12-20,8-9-20)23-16(25)14-4-2-5-15(21)10-14/h2,4-5,10-11H,3,6-9,12H2,1H3,(H,23,25)(H,24,26). The Balaban J connectivity index is 1.48. The first-order chi connectivity index (χ1) is 12.9. The average Bonchev–Trinajstić information content (AvgIpc) is 3.16. The zero-order valence-electron chi connectivity index (χ0n) is 15.2. The third-order valence-corrected chi connectivity index (χ3v) is 6.92. The number of hydrogen-bond donors (Lipinski definition) is 2. The van der Waals surface area contributed by atoms with E-state index in [9.17, 15) is 9.59 Å². The van der Waals surface area contributed by atoms with Crippen LogP contribution in [0, 0.1) is 6.92 Å². The third kappa shape index (κ3) is 3.73. The number of benzene rings is 1. The van der Waals surface area contributed by atoms with E-state index in [1.165, 1.54) is 11.3 Å². The van der Waals surface area contributed by atoms with E-state index < -0.39 is 0 Å². The number of amides is 2. The summed E-state index contributed by atoms with van der Waals surface area (Å²) in [5.74, 6) is -0.205. The van der Waals surface area contributed by atoms with E-state index in [1.807, 2.05) is 12.3 Å². The molecule has 4 rings (SSSR count). The molecule has 1 heterocycles. The van der Waals surface area contributed by atoms with Gasteiger partial charge in [0.15, 0.2) is 5.01 Å². The summed E-state index contributed by atoms with van der Waals surface area (Å²) in [6, 6.07) is 7.00. The van der Waals surface area contributed by atoms with E-state index in [2.05, 4.69) is 15.6 Å². The molecule has 27 heavy (non-hydrogen) atoms. The number of rotatable bonds is 4. The normalized spacial score (nSPS) is 26.6. The second-order valence-electron chi connectivity index (χ2n) is 7.80. The van der Waals surface area contributed by atoms with Crippen molar-refractivity contribution in [2.24, 2.45) is 0 Å². The minimum Gasteiger partial charge on any atom is -0.347 e. The van der Waals surface area contributed by atoms with Crippen LogP contribution in [0.2, 0.25) is 5.02 Å². The van der Waals surface area contributed by atoms with Gasteiger partial charge in [0.1, 0.15) is 0 Å². The van der Waals surface area contributed by atoms with Crippen molar-refractivity contribution in [1.29, 1.82) is 0 Å². The number of hydrogen-bond acceptors (Lipinski definition) is 4. The van der Waals surface area contributed by atoms with Crippen LogP contribution in [0.3, 0.4) is 0 Å². The van der Waals surface area contributed by atoms with Crippen LogP contribution >= 0.6 is 22.9 Å². The van der Waals surface area contributed by atoms with Gasteiger partial charge < -0.3 is 10.6 Å². The molecule has 1 aromatic heterocycles. The van der Waals surface area contributed by atoms with Gasteiger partial charge in [0, 0.05) is 32.7 Å². The van der Waals surface area contributed by atoms with E-state index >= 15 is 0 Å². The Kier molecular flexibility index (Phi) is 4.72. The number of carbonyl (C=O) groups excluding carboxylic acids is 2. The summed E-state index contributed by atoms with van der Waals surface area (Å²) < 4.78 is 0. The first kappa shape index (κ1) is 18.4. The highest BCUT2D eigenvalue weighted by atomic mass is 35.5. The Morgan fingerprint density at radius 3 is 2.44 bits per heavy atom. The number of nitrogens with one attached hydrogen (secondary N) is 2. The molecule has 5 nitrogen and oxygen atoms in total. The van der Waals surface area contributed by atoms with Crippen LogP contribution < -0.4 is 10.6 Å². The van der Waals surface area contributed by atoms with Crippen molar-refractivity contribution in [3.63, 3.8) is 0 Å². The molecule has 7 heteroatoms. The average molecular weight is 404 g/mol. The number of carbonyl (C=O) groups is 2. The van der Waals surface area contributed by atoms with E-state index in [0.717, 1.165) is 44.2 Å². The van der Waals surface area contributed by atoms with Gasteiger partial charge in [0.25, 0.3) is 11.8 Å². The van der Waals surface area contributed by atoms with Gasteiger partial charge in [-0.2, -0.15) is 0 Å². The van der Waals surface area contributed by atoms with Crippen LogP contribution in [0.5, 0.6) is 0 Å². The molecular weight excluding hydrogens is 382 g/mol. The predicted octanol–water partition coefficient (Wildman–Crippen LogP) is 4.11. The van der Waals surface area contributed by atoms with Gasteiger partial charge in [-0.05, 0) is 63.6 Å². The van der Waals surface area contributed by atoms with Crippen LogP contribution in [-0.2, 0) is 0 Å². The summed E-state index contributed by atoms with van der Waals surface area (Å²) in [7, 11) is 0. The molecule has 2 saturated carbocycles. The highest BCUT2D eigenvalue weighted by Crippen LogP contribution is 2.48. The maximum absolute atomic E-state index is 12.7. The monoisotopic (exact) mass is 403 g/mol. The summed E-state index contributed by atoms with van der Waals surface area (Å²) in [6.07, 6.45) is 5.37. The topological polar surface area (TPSA) is 71.1 Å².